The summed E-state index contributed by atoms with van der Waals surface area (Å²) < 4.78 is 59.6. The average Bonchev–Trinajstić information content (AvgIpc) is 1.58. The minimum atomic E-state index is -0.0598. The smallest absolute Gasteiger partial charge is 0.0637 e. The molecule has 14 aliphatic rings. The first kappa shape index (κ1) is 108. The molecule has 0 saturated heterocycles. The highest BCUT2D eigenvalue weighted by Gasteiger charge is 2.74. The Morgan fingerprint density at radius 3 is 1.01 bits per heavy atom. The summed E-state index contributed by atoms with van der Waals surface area (Å²) >= 11 is 0. The highest BCUT2D eigenvalue weighted by molar-refractivity contribution is 5.25. The van der Waals surface area contributed by atoms with Crippen LogP contribution in [0.5, 0.6) is 0 Å². The maximum Gasteiger partial charge on any atom is 0.0637 e. The Morgan fingerprint density at radius 1 is 0.360 bits per heavy atom. The van der Waals surface area contributed by atoms with Crippen LogP contribution >= 0.6 is 0 Å². The maximum atomic E-state index is 9.57. The lowest BCUT2D eigenvalue weighted by molar-refractivity contribution is -0.237. The first-order valence-corrected chi connectivity index (χ1v) is 54.0. The zero-order valence-electron chi connectivity index (χ0n) is 86.1. The molecule has 2 unspecified atom stereocenters. The third-order valence-corrected chi connectivity index (χ3v) is 41.2. The van der Waals surface area contributed by atoms with Crippen molar-refractivity contribution in [1.29, 1.82) is 0 Å². The topological polar surface area (TPSA) is 480 Å². The van der Waals surface area contributed by atoms with Crippen molar-refractivity contribution in [1.82, 2.24) is 9.80 Å². The summed E-state index contributed by atoms with van der Waals surface area (Å²) in [6, 6.07) is 22.9. The lowest BCUT2D eigenvalue weighted by Gasteiger charge is -2.66. The monoisotopic (exact) mass is 1930 g/mol. The van der Waals surface area contributed by atoms with Gasteiger partial charge in [0.2, 0.25) is 0 Å². The molecule has 0 aliphatic heterocycles. The molecule has 16 rings (SSSR count). The Bertz CT molecular complexity index is 4530. The molecule has 0 bridgehead atoms. The molecule has 0 amide bonds. The largest absolute Gasteiger partial charge is 0.396 e. The first-order chi connectivity index (χ1) is 67.2. The molecule has 772 valence electrons. The van der Waals surface area contributed by atoms with Crippen molar-refractivity contribution in [2.45, 2.75) is 316 Å². The first-order valence-electron chi connectivity index (χ1n) is 54.0. The van der Waals surface area contributed by atoms with Gasteiger partial charge in [0.25, 0.3) is 0 Å². The minimum absolute atomic E-state index is 0.0500. The lowest BCUT2D eigenvalue weighted by Crippen LogP contribution is -2.66. The number of ether oxygens (including phenoxy) is 9. The van der Waals surface area contributed by atoms with Gasteiger partial charge in [-0.3, -0.25) is 9.80 Å². The predicted molar refractivity (Wildman–Crippen MR) is 540 cm³/mol. The van der Waals surface area contributed by atoms with Crippen LogP contribution in [-0.4, -0.2) is 221 Å². The summed E-state index contributed by atoms with van der Waals surface area (Å²) in [6.07, 6.45) is 31.0. The third kappa shape index (κ3) is 22.7. The van der Waals surface area contributed by atoms with Crippen molar-refractivity contribution < 1.29 is 47.7 Å². The molecule has 2 aromatic rings. The van der Waals surface area contributed by atoms with Crippen molar-refractivity contribution in [3.8, 4) is 0 Å². The van der Waals surface area contributed by atoms with Crippen LogP contribution in [-0.2, 0) is 55.7 Å². The van der Waals surface area contributed by atoms with Crippen LogP contribution in [0.15, 0.2) is 91.3 Å². The minimum Gasteiger partial charge on any atom is -0.396 e. The van der Waals surface area contributed by atoms with Gasteiger partial charge in [0, 0.05) is 136 Å². The molecule has 14 aliphatic carbocycles. The molecular weight excluding hydrogens is 1760 g/mol. The number of nitrogens with zero attached hydrogens (tertiary/aromatic N) is 20. The molecule has 35 atom stereocenters. The molecule has 33 nitrogen and oxygen atoms in total. The molecule has 0 spiro atoms. The highest BCUT2D eigenvalue weighted by Crippen LogP contribution is 2.76. The standard InChI is InChI=1S/C38H58N10O3.C38H64N4O3.C30H51N9O4/c1-36-14-12-28(49-19-16-42-45-39)22-27(36)23-31(50-20-17-43-46-40)35-29-10-11-32(38(29,3)34(24-30(35)36)51-21-18-44-47-41)37(2)15-13-33(37)48(4)25-26-8-6-5-7-9-26;1-36-14-12-28(43-19-16-39)22-27(36)23-31(44-20-17-40)35-29-10-11-32(38(29,3)34(24-30(35)36)45-21-18-41)37(2)15-13-33(37)42(4)25-26-8-6-5-7-9-26;1-20(5-4-13-40)23-6-7-24-28-25(19-27(30(23,24)3)43-16-12-36-39-33)29(2)9-8-22(41-14-10-34-37-31)17-21(29)18-26(28)42-15-11-35-38-32/h5-9,27-35H,10-25H2,1-4H3;5-9,27-35H,10-25,39-41H2,1-4H3;20-28,40H,4-19H2,1-3H3/t2*27-,28+,29-,30-,31+,32+,33?,34-,35-,36-,37+,38-;20-,21+,22-,23-,24+,25+,26-,27+,28+,29+,30-/m001/s1. The van der Waals surface area contributed by atoms with Crippen LogP contribution in [0.2, 0.25) is 0 Å². The Morgan fingerprint density at radius 2 is 0.662 bits per heavy atom. The summed E-state index contributed by atoms with van der Waals surface area (Å²) in [6.45, 7) is 33.2. The fourth-order valence-corrected chi connectivity index (χ4v) is 34.8. The van der Waals surface area contributed by atoms with Crippen LogP contribution < -0.4 is 17.2 Å². The van der Waals surface area contributed by atoms with Gasteiger partial charge >= 0.3 is 0 Å². The Labute approximate surface area is 828 Å². The second-order valence-corrected chi connectivity index (χ2v) is 46.9. The molecule has 0 aromatic heterocycles. The SMILES string of the molecule is CN(Cc1ccccc1)C1CC[C@]1(C)[C@H]1CC[C@H]2[C@@H]3[C@H](OCCN)C[C@@H]4C[C@H](OCCN)CC[C@]4(C)[C@H]3C[C@H](OCCN)[C@@]21C.CN(Cc1ccccc1)C1CC[C@]1(C)[C@H]1CC[C@H]2[C@@H]3[C@H](OCCN=[N+]=[N-])C[C@@H]4C[C@H](OCCN=[N+]=[N-])CC[C@]4(C)[C@H]3C[C@H](OCCN=[N+]=[N-])[C@@]21C.C[C@H](CCCO)[C@H]1CC[C@H]2[C@@H]3[C@H](OCCN=[N+]=[N-])C[C@@H]4C[C@H](OCCN=[N+]=[N-])CC[C@]4(C)[C@H]3C[C@H](OCCN=[N+]=[N-])[C@]12C. The fraction of sp³-hybridized carbons (Fsp3) is 0.887. The van der Waals surface area contributed by atoms with Gasteiger partial charge in [0.05, 0.1) is 114 Å². The van der Waals surface area contributed by atoms with E-state index in [0.29, 0.717) is 231 Å². The Kier molecular flexibility index (Phi) is 38.4. The number of hydrogen-bond acceptors (Lipinski definition) is 21. The summed E-state index contributed by atoms with van der Waals surface area (Å²) in [5.41, 5.74) is 74.8. The van der Waals surface area contributed by atoms with Crippen molar-refractivity contribution in [3.05, 3.63) is 134 Å². The Balaban J connectivity index is 0.000000167. The molecule has 14 saturated carbocycles. The van der Waals surface area contributed by atoms with E-state index in [9.17, 15) is 5.11 Å². The maximum absolute atomic E-state index is 9.57. The summed E-state index contributed by atoms with van der Waals surface area (Å²) in [4.78, 5) is 22.9. The van der Waals surface area contributed by atoms with E-state index in [1.807, 2.05) is 0 Å². The van der Waals surface area contributed by atoms with Crippen LogP contribution in [0.4, 0.5) is 0 Å². The van der Waals surface area contributed by atoms with Gasteiger partial charge in [-0.1, -0.05) is 154 Å². The van der Waals surface area contributed by atoms with Gasteiger partial charge in [0.1, 0.15) is 0 Å². The van der Waals surface area contributed by atoms with Crippen molar-refractivity contribution in [2.24, 2.45) is 186 Å². The van der Waals surface area contributed by atoms with Crippen molar-refractivity contribution in [2.75, 3.05) is 139 Å². The van der Waals surface area contributed by atoms with Crippen LogP contribution in [0.25, 0.3) is 62.7 Å². The Hall–Kier alpha value is -6.30. The lowest BCUT2D eigenvalue weighted by atomic mass is 9.41. The van der Waals surface area contributed by atoms with Crippen molar-refractivity contribution >= 4 is 0 Å². The normalized spacial score (nSPS) is 40.9. The number of azide groups is 6. The predicted octanol–water partition coefficient (Wildman–Crippen LogP) is 21.8. The summed E-state index contributed by atoms with van der Waals surface area (Å²) in [7, 11) is 4.66. The number of hydrogen-bond donors (Lipinski definition) is 4. The van der Waals surface area contributed by atoms with Crippen LogP contribution in [0.3, 0.4) is 0 Å². The second-order valence-electron chi connectivity index (χ2n) is 46.9. The van der Waals surface area contributed by atoms with E-state index in [0.717, 1.165) is 135 Å². The highest BCUT2D eigenvalue weighted by atomic mass is 16.5. The number of fused-ring (bicyclic) bond motifs is 15. The van der Waals surface area contributed by atoms with Gasteiger partial charge < -0.3 is 64.9 Å². The van der Waals surface area contributed by atoms with E-state index in [4.69, 9.17) is 93.0 Å². The van der Waals surface area contributed by atoms with Gasteiger partial charge in [0.15, 0.2) is 0 Å². The molecule has 33 heteroatoms. The molecule has 0 radical (unpaired) electrons. The molecule has 139 heavy (non-hydrogen) atoms. The average molecular weight is 1930 g/mol. The van der Waals surface area contributed by atoms with Gasteiger partial charge in [-0.2, -0.15) is 0 Å². The quantitative estimate of drug-likeness (QED) is 0.0207. The van der Waals surface area contributed by atoms with Gasteiger partial charge in [-0.05, 0) is 354 Å². The van der Waals surface area contributed by atoms with E-state index < -0.39 is 0 Å². The zero-order chi connectivity index (χ0) is 98.8. The molecule has 14 fully saturated rings. The van der Waals surface area contributed by atoms with Gasteiger partial charge in [-0.25, -0.2) is 0 Å². The molecule has 2 aromatic carbocycles. The fourth-order valence-electron chi connectivity index (χ4n) is 34.8. The summed E-state index contributed by atoms with van der Waals surface area (Å²) in [5.74, 6) is 7.68. The van der Waals surface area contributed by atoms with Gasteiger partial charge in [-0.15, -0.1) is 0 Å². The number of aliphatic hydroxyl groups excluding tert-OH is 1. The summed E-state index contributed by atoms with van der Waals surface area (Å²) in [5, 5.41) is 32.1. The number of aliphatic hydroxyl groups is 1. The van der Waals surface area contributed by atoms with Crippen LogP contribution in [0.1, 0.15) is 247 Å². The zero-order valence-corrected chi connectivity index (χ0v) is 86.1. The second kappa shape index (κ2) is 49.3. The van der Waals surface area contributed by atoms with Crippen LogP contribution in [0, 0.1) is 138 Å². The van der Waals surface area contributed by atoms with E-state index in [-0.39, 0.29) is 98.8 Å². The van der Waals surface area contributed by atoms with E-state index in [1.54, 1.807) is 0 Å². The molecule has 0 heterocycles. The van der Waals surface area contributed by atoms with E-state index >= 15 is 0 Å². The van der Waals surface area contributed by atoms with Crippen molar-refractivity contribution in [3.63, 3.8) is 0 Å². The van der Waals surface area contributed by atoms with E-state index in [2.05, 4.69) is 207 Å². The molecule has 7 N–H and O–H groups in total. The van der Waals surface area contributed by atoms with E-state index in [1.165, 1.54) is 62.5 Å². The number of benzene rings is 2. The molecular formula is C106H173N23O10. The number of rotatable bonds is 45. The number of nitrogens with two attached hydrogens (primary N) is 3. The third-order valence-electron chi connectivity index (χ3n) is 41.2.